The zero-order valence-electron chi connectivity index (χ0n) is 4.85. The second-order valence-electron chi connectivity index (χ2n) is 2.93. The van der Waals surface area contributed by atoms with Gasteiger partial charge in [-0.2, -0.15) is 0 Å². The summed E-state index contributed by atoms with van der Waals surface area (Å²) in [4.78, 5) is 0. The van der Waals surface area contributed by atoms with Gasteiger partial charge >= 0.3 is 0 Å². The van der Waals surface area contributed by atoms with Crippen LogP contribution in [-0.2, 0) is 0 Å². The molecule has 2 nitrogen and oxygen atoms in total. The van der Waals surface area contributed by atoms with Gasteiger partial charge in [0.2, 0.25) is 0 Å². The smallest absolute Gasteiger partial charge is 0.0616 e. The number of aliphatic hydroxyl groups excluding tert-OH is 1. The van der Waals surface area contributed by atoms with Crippen LogP contribution in [0.5, 0.6) is 0 Å². The van der Waals surface area contributed by atoms with Crippen LogP contribution in [0, 0.1) is 5.92 Å². The highest BCUT2D eigenvalue weighted by Crippen LogP contribution is 2.48. The molecule has 2 rings (SSSR count). The van der Waals surface area contributed by atoms with E-state index in [1.807, 2.05) is 0 Å². The molecule has 0 spiro atoms. The number of hydrogen-bond donors (Lipinski definition) is 2. The Morgan fingerprint density at radius 3 is 2.88 bits per heavy atom. The molecule has 1 saturated carbocycles. The molecule has 2 N–H and O–H groups in total. The number of hydrogen-bond acceptors (Lipinski definition) is 2. The minimum atomic E-state index is 0.208. The zero-order valence-corrected chi connectivity index (χ0v) is 4.85. The quantitative estimate of drug-likeness (QED) is 0.490. The maximum absolute atomic E-state index is 8.80. The molecule has 0 bridgehead atoms. The Kier molecular flexibility index (Phi) is 0.746. The van der Waals surface area contributed by atoms with Crippen LogP contribution in [-0.4, -0.2) is 23.8 Å². The summed E-state index contributed by atoms with van der Waals surface area (Å²) in [6, 6.07) is 0. The van der Waals surface area contributed by atoms with Crippen LogP contribution in [0.4, 0.5) is 0 Å². The molecule has 0 amide bonds. The lowest BCUT2D eigenvalue weighted by Crippen LogP contribution is -2.31. The average molecular weight is 113 g/mol. The fourth-order valence-corrected chi connectivity index (χ4v) is 1.72. The predicted molar refractivity (Wildman–Crippen MR) is 30.5 cm³/mol. The fraction of sp³-hybridized carbons (Fsp3) is 1.00. The van der Waals surface area contributed by atoms with Gasteiger partial charge in [-0.3, -0.25) is 0 Å². The molecule has 0 aromatic rings. The van der Waals surface area contributed by atoms with E-state index in [1.165, 1.54) is 12.8 Å². The van der Waals surface area contributed by atoms with Crippen molar-refractivity contribution in [3.8, 4) is 0 Å². The molecule has 2 unspecified atom stereocenters. The average Bonchev–Trinajstić information content (AvgIpc) is 2.38. The first-order chi connectivity index (χ1) is 3.87. The molecule has 8 heavy (non-hydrogen) atoms. The third-order valence-corrected chi connectivity index (χ3v) is 2.48. The second-order valence-corrected chi connectivity index (χ2v) is 2.93. The van der Waals surface area contributed by atoms with Crippen LogP contribution in [0.25, 0.3) is 0 Å². The van der Waals surface area contributed by atoms with E-state index in [0.717, 1.165) is 12.5 Å². The molecule has 2 atom stereocenters. The van der Waals surface area contributed by atoms with Crippen molar-refractivity contribution in [1.29, 1.82) is 0 Å². The highest BCUT2D eigenvalue weighted by Gasteiger charge is 2.56. The van der Waals surface area contributed by atoms with Gasteiger partial charge in [0.1, 0.15) is 0 Å². The van der Waals surface area contributed by atoms with E-state index >= 15 is 0 Å². The van der Waals surface area contributed by atoms with Crippen molar-refractivity contribution < 1.29 is 5.11 Å². The van der Waals surface area contributed by atoms with Gasteiger partial charge in [0.15, 0.2) is 0 Å². The first-order valence-electron chi connectivity index (χ1n) is 3.23. The number of piperidine rings is 1. The number of aliphatic hydroxyl groups is 1. The van der Waals surface area contributed by atoms with Gasteiger partial charge in [0, 0.05) is 5.54 Å². The third-order valence-electron chi connectivity index (χ3n) is 2.48. The normalized spacial score (nSPS) is 51.4. The first kappa shape index (κ1) is 4.77. The Balaban J connectivity index is 2.08. The monoisotopic (exact) mass is 113 g/mol. The summed E-state index contributed by atoms with van der Waals surface area (Å²) >= 11 is 0. The highest BCUT2D eigenvalue weighted by molar-refractivity contribution is 5.13. The van der Waals surface area contributed by atoms with E-state index in [-0.39, 0.29) is 5.54 Å². The van der Waals surface area contributed by atoms with E-state index in [1.54, 1.807) is 0 Å². The molecule has 1 heterocycles. The third kappa shape index (κ3) is 0.400. The summed E-state index contributed by atoms with van der Waals surface area (Å²) < 4.78 is 0. The summed E-state index contributed by atoms with van der Waals surface area (Å²) in [6.07, 6.45) is 2.49. The van der Waals surface area contributed by atoms with E-state index in [2.05, 4.69) is 5.32 Å². The van der Waals surface area contributed by atoms with Gasteiger partial charge < -0.3 is 10.4 Å². The molecule has 0 aromatic carbocycles. The van der Waals surface area contributed by atoms with Gasteiger partial charge in [-0.05, 0) is 25.3 Å². The Hall–Kier alpha value is -0.0800. The van der Waals surface area contributed by atoms with Crippen molar-refractivity contribution in [2.75, 3.05) is 13.2 Å². The molecule has 0 radical (unpaired) electrons. The van der Waals surface area contributed by atoms with E-state index in [0.29, 0.717) is 6.61 Å². The molecule has 46 valence electrons. The SMILES string of the molecule is OCC12CC1CCN2. The second kappa shape index (κ2) is 1.25. The minimum absolute atomic E-state index is 0.208. The van der Waals surface area contributed by atoms with Gasteiger partial charge in [-0.15, -0.1) is 0 Å². The summed E-state index contributed by atoms with van der Waals surface area (Å²) in [7, 11) is 0. The minimum Gasteiger partial charge on any atom is -0.394 e. The molecular weight excluding hydrogens is 102 g/mol. The van der Waals surface area contributed by atoms with Crippen LogP contribution >= 0.6 is 0 Å². The molecule has 2 heteroatoms. The van der Waals surface area contributed by atoms with Crippen LogP contribution < -0.4 is 5.32 Å². The number of fused-ring (bicyclic) bond motifs is 1. The first-order valence-corrected chi connectivity index (χ1v) is 3.23. The van der Waals surface area contributed by atoms with Crippen molar-refractivity contribution >= 4 is 0 Å². The standard InChI is InChI=1S/C6H11NO/c8-4-6-3-5(6)1-2-7-6/h5,7-8H,1-4H2. The van der Waals surface area contributed by atoms with Crippen molar-refractivity contribution in [3.63, 3.8) is 0 Å². The van der Waals surface area contributed by atoms with E-state index in [9.17, 15) is 0 Å². The summed E-state index contributed by atoms with van der Waals surface area (Å²) in [6.45, 7) is 1.46. The van der Waals surface area contributed by atoms with Crippen LogP contribution in [0.2, 0.25) is 0 Å². The highest BCUT2D eigenvalue weighted by atomic mass is 16.3. The van der Waals surface area contributed by atoms with Gasteiger partial charge in [-0.1, -0.05) is 0 Å². The molecule has 1 aliphatic carbocycles. The van der Waals surface area contributed by atoms with Crippen LogP contribution in [0.15, 0.2) is 0 Å². The molecule has 2 aliphatic rings. The summed E-state index contributed by atoms with van der Waals surface area (Å²) in [5.41, 5.74) is 0.208. The van der Waals surface area contributed by atoms with Crippen molar-refractivity contribution in [1.82, 2.24) is 5.32 Å². The van der Waals surface area contributed by atoms with Gasteiger partial charge in [0.05, 0.1) is 6.61 Å². The molecule has 2 fully saturated rings. The maximum Gasteiger partial charge on any atom is 0.0616 e. The summed E-state index contributed by atoms with van der Waals surface area (Å²) in [5.74, 6) is 0.812. The fourth-order valence-electron chi connectivity index (χ4n) is 1.72. The lowest BCUT2D eigenvalue weighted by molar-refractivity contribution is 0.236. The Morgan fingerprint density at radius 2 is 2.62 bits per heavy atom. The zero-order chi connectivity index (χ0) is 5.61. The number of rotatable bonds is 1. The van der Waals surface area contributed by atoms with Gasteiger partial charge in [-0.25, -0.2) is 0 Å². The maximum atomic E-state index is 8.80. The molecule has 1 aliphatic heterocycles. The largest absolute Gasteiger partial charge is 0.394 e. The van der Waals surface area contributed by atoms with E-state index < -0.39 is 0 Å². The topological polar surface area (TPSA) is 32.3 Å². The lowest BCUT2D eigenvalue weighted by atomic mass is 10.2. The summed E-state index contributed by atoms with van der Waals surface area (Å²) in [5, 5.41) is 12.1. The Morgan fingerprint density at radius 1 is 1.75 bits per heavy atom. The molecule has 0 aromatic heterocycles. The molecule has 1 saturated heterocycles. The predicted octanol–water partition coefficient (Wildman–Crippen LogP) is -0.269. The van der Waals surface area contributed by atoms with Crippen molar-refractivity contribution in [2.45, 2.75) is 18.4 Å². The van der Waals surface area contributed by atoms with Crippen LogP contribution in [0.3, 0.4) is 0 Å². The number of nitrogens with one attached hydrogen (secondary N) is 1. The Labute approximate surface area is 48.9 Å². The van der Waals surface area contributed by atoms with Crippen molar-refractivity contribution in [2.24, 2.45) is 5.92 Å². The lowest BCUT2D eigenvalue weighted by Gasteiger charge is -2.06. The van der Waals surface area contributed by atoms with Crippen LogP contribution in [0.1, 0.15) is 12.8 Å². The van der Waals surface area contributed by atoms with E-state index in [4.69, 9.17) is 5.11 Å². The van der Waals surface area contributed by atoms with Gasteiger partial charge in [0.25, 0.3) is 0 Å². The van der Waals surface area contributed by atoms with Crippen molar-refractivity contribution in [3.05, 3.63) is 0 Å². The Bertz CT molecular complexity index is 111. The molecular formula is C6H11NO.